The first-order valence-corrected chi connectivity index (χ1v) is 4.71. The summed E-state index contributed by atoms with van der Waals surface area (Å²) in [6.45, 7) is 7.48. The van der Waals surface area contributed by atoms with Crippen molar-refractivity contribution in [3.63, 3.8) is 0 Å². The zero-order chi connectivity index (χ0) is 9.94. The van der Waals surface area contributed by atoms with E-state index in [4.69, 9.17) is 4.74 Å². The van der Waals surface area contributed by atoms with Crippen molar-refractivity contribution in [1.29, 1.82) is 0 Å². The Labute approximate surface area is 80.3 Å². The summed E-state index contributed by atoms with van der Waals surface area (Å²) in [5, 5.41) is 0. The summed E-state index contributed by atoms with van der Waals surface area (Å²) in [6, 6.07) is 0. The molecular weight excluding hydrogens is 164 g/mol. The van der Waals surface area contributed by atoms with Gasteiger partial charge in [0.05, 0.1) is 6.61 Å². The van der Waals surface area contributed by atoms with Crippen LogP contribution in [-0.4, -0.2) is 12.6 Å². The lowest BCUT2D eigenvalue weighted by molar-refractivity contribution is -0.137. The number of ether oxygens (including phenoxy) is 1. The number of unbranched alkanes of at least 4 members (excludes halogenated alkanes) is 4. The zero-order valence-electron chi connectivity index (χ0n) is 8.13. The third kappa shape index (κ3) is 8.86. The van der Waals surface area contributed by atoms with Crippen molar-refractivity contribution in [3.05, 3.63) is 25.3 Å². The Kier molecular flexibility index (Phi) is 8.31. The van der Waals surface area contributed by atoms with Crippen LogP contribution in [0.5, 0.6) is 0 Å². The van der Waals surface area contributed by atoms with E-state index in [9.17, 15) is 4.79 Å². The van der Waals surface area contributed by atoms with Crippen LogP contribution in [-0.2, 0) is 9.53 Å². The predicted octanol–water partition coefficient (Wildman–Crippen LogP) is 2.85. The minimum atomic E-state index is -0.328. The molecule has 0 aromatic heterocycles. The van der Waals surface area contributed by atoms with Crippen molar-refractivity contribution in [2.45, 2.75) is 32.1 Å². The van der Waals surface area contributed by atoms with Gasteiger partial charge in [0.25, 0.3) is 0 Å². The Morgan fingerprint density at radius 2 is 1.85 bits per heavy atom. The first-order valence-electron chi connectivity index (χ1n) is 4.71. The molecule has 0 N–H and O–H groups in total. The van der Waals surface area contributed by atoms with Crippen LogP contribution in [0, 0.1) is 0 Å². The Morgan fingerprint density at radius 3 is 2.46 bits per heavy atom. The largest absolute Gasteiger partial charge is 0.463 e. The summed E-state index contributed by atoms with van der Waals surface area (Å²) < 4.78 is 4.82. The smallest absolute Gasteiger partial charge is 0.330 e. The topological polar surface area (TPSA) is 26.3 Å². The molecular formula is C11H18O2. The average molecular weight is 182 g/mol. The highest BCUT2D eigenvalue weighted by atomic mass is 16.5. The van der Waals surface area contributed by atoms with Gasteiger partial charge in [0.1, 0.15) is 0 Å². The van der Waals surface area contributed by atoms with Gasteiger partial charge in [0.2, 0.25) is 0 Å². The van der Waals surface area contributed by atoms with Crippen LogP contribution in [0.15, 0.2) is 25.3 Å². The molecule has 74 valence electrons. The monoisotopic (exact) mass is 182 g/mol. The van der Waals surface area contributed by atoms with Gasteiger partial charge in [-0.15, -0.1) is 6.58 Å². The Bertz CT molecular complexity index is 161. The quantitative estimate of drug-likeness (QED) is 0.250. The first kappa shape index (κ1) is 11.9. The van der Waals surface area contributed by atoms with Gasteiger partial charge in [-0.1, -0.05) is 25.5 Å². The number of hydrogen-bond donors (Lipinski definition) is 0. The van der Waals surface area contributed by atoms with Crippen molar-refractivity contribution in [2.24, 2.45) is 0 Å². The Balaban J connectivity index is 3.03. The third-order valence-corrected chi connectivity index (χ3v) is 1.71. The fourth-order valence-corrected chi connectivity index (χ4v) is 0.976. The number of hydrogen-bond acceptors (Lipinski definition) is 2. The van der Waals surface area contributed by atoms with Gasteiger partial charge in [0.15, 0.2) is 0 Å². The predicted molar refractivity (Wildman–Crippen MR) is 54.4 cm³/mol. The van der Waals surface area contributed by atoms with Gasteiger partial charge in [0, 0.05) is 6.08 Å². The van der Waals surface area contributed by atoms with E-state index in [2.05, 4.69) is 13.2 Å². The molecule has 0 atom stereocenters. The number of rotatable bonds is 8. The van der Waals surface area contributed by atoms with E-state index >= 15 is 0 Å². The second kappa shape index (κ2) is 9.04. The van der Waals surface area contributed by atoms with E-state index in [1.807, 2.05) is 6.08 Å². The highest BCUT2D eigenvalue weighted by Gasteiger charge is 1.94. The second-order valence-corrected chi connectivity index (χ2v) is 2.86. The van der Waals surface area contributed by atoms with Crippen LogP contribution in [0.1, 0.15) is 32.1 Å². The van der Waals surface area contributed by atoms with E-state index < -0.39 is 0 Å². The van der Waals surface area contributed by atoms with Crippen LogP contribution in [0.4, 0.5) is 0 Å². The Hall–Kier alpha value is -1.05. The van der Waals surface area contributed by atoms with Crippen molar-refractivity contribution in [3.8, 4) is 0 Å². The molecule has 2 heteroatoms. The van der Waals surface area contributed by atoms with E-state index in [1.165, 1.54) is 18.9 Å². The third-order valence-electron chi connectivity index (χ3n) is 1.71. The maximum absolute atomic E-state index is 10.6. The normalized spacial score (nSPS) is 9.23. The molecule has 0 unspecified atom stereocenters. The fraction of sp³-hybridized carbons (Fsp3) is 0.545. The summed E-state index contributed by atoms with van der Waals surface area (Å²) in [5.74, 6) is -0.328. The lowest BCUT2D eigenvalue weighted by Gasteiger charge is -2.00. The van der Waals surface area contributed by atoms with Crippen LogP contribution in [0.25, 0.3) is 0 Å². The highest BCUT2D eigenvalue weighted by Crippen LogP contribution is 2.03. The van der Waals surface area contributed by atoms with Crippen molar-refractivity contribution < 1.29 is 9.53 Å². The van der Waals surface area contributed by atoms with Gasteiger partial charge < -0.3 is 4.74 Å². The minimum absolute atomic E-state index is 0.328. The van der Waals surface area contributed by atoms with Gasteiger partial charge in [-0.2, -0.15) is 0 Å². The average Bonchev–Trinajstić information content (AvgIpc) is 2.16. The lowest BCUT2D eigenvalue weighted by atomic mass is 10.1. The first-order chi connectivity index (χ1) is 6.31. The molecule has 0 saturated heterocycles. The van der Waals surface area contributed by atoms with E-state index in [-0.39, 0.29) is 5.97 Å². The molecule has 0 aliphatic heterocycles. The van der Waals surface area contributed by atoms with E-state index in [0.717, 1.165) is 19.3 Å². The molecule has 0 aliphatic carbocycles. The minimum Gasteiger partial charge on any atom is -0.463 e. The number of allylic oxidation sites excluding steroid dienone is 1. The summed E-state index contributed by atoms with van der Waals surface area (Å²) in [7, 11) is 0. The van der Waals surface area contributed by atoms with Crippen LogP contribution < -0.4 is 0 Å². The second-order valence-electron chi connectivity index (χ2n) is 2.86. The molecule has 0 spiro atoms. The van der Waals surface area contributed by atoms with Gasteiger partial charge in [-0.25, -0.2) is 4.79 Å². The molecule has 0 aliphatic rings. The van der Waals surface area contributed by atoms with Crippen LogP contribution in [0.2, 0.25) is 0 Å². The molecule has 0 aromatic rings. The Morgan fingerprint density at radius 1 is 1.15 bits per heavy atom. The van der Waals surface area contributed by atoms with Crippen molar-refractivity contribution >= 4 is 5.97 Å². The molecule has 2 nitrogen and oxygen atoms in total. The SMILES string of the molecule is C=CCCCCCCOC(=O)C=C. The van der Waals surface area contributed by atoms with Crippen molar-refractivity contribution in [2.75, 3.05) is 6.61 Å². The maximum atomic E-state index is 10.6. The fourth-order valence-electron chi connectivity index (χ4n) is 0.976. The molecule has 0 bridgehead atoms. The van der Waals surface area contributed by atoms with Crippen molar-refractivity contribution in [1.82, 2.24) is 0 Å². The molecule has 13 heavy (non-hydrogen) atoms. The van der Waals surface area contributed by atoms with E-state index in [1.54, 1.807) is 0 Å². The number of carbonyl (C=O) groups is 1. The molecule has 0 rings (SSSR count). The summed E-state index contributed by atoms with van der Waals surface area (Å²) in [6.07, 6.45) is 8.60. The van der Waals surface area contributed by atoms with Gasteiger partial charge in [-0.05, 0) is 19.3 Å². The molecule has 0 fully saturated rings. The van der Waals surface area contributed by atoms with Crippen LogP contribution >= 0.6 is 0 Å². The molecule has 0 aromatic carbocycles. The molecule has 0 amide bonds. The number of esters is 1. The molecule has 0 saturated carbocycles. The standard InChI is InChI=1S/C11H18O2/c1-3-5-6-7-8-9-10-13-11(12)4-2/h3-4H,1-2,5-10H2. The number of carbonyl (C=O) groups excluding carboxylic acids is 1. The molecule has 0 heterocycles. The van der Waals surface area contributed by atoms with Gasteiger partial charge in [-0.3, -0.25) is 0 Å². The van der Waals surface area contributed by atoms with Gasteiger partial charge >= 0.3 is 5.97 Å². The lowest BCUT2D eigenvalue weighted by Crippen LogP contribution is -2.01. The van der Waals surface area contributed by atoms with E-state index in [0.29, 0.717) is 6.61 Å². The maximum Gasteiger partial charge on any atom is 0.330 e. The summed E-state index contributed by atoms with van der Waals surface area (Å²) in [4.78, 5) is 10.6. The highest BCUT2D eigenvalue weighted by molar-refractivity contribution is 5.81. The summed E-state index contributed by atoms with van der Waals surface area (Å²) >= 11 is 0. The van der Waals surface area contributed by atoms with Crippen LogP contribution in [0.3, 0.4) is 0 Å². The summed E-state index contributed by atoms with van der Waals surface area (Å²) in [5.41, 5.74) is 0. The molecule has 0 radical (unpaired) electrons. The zero-order valence-corrected chi connectivity index (χ0v) is 8.13.